The number of nitrogens with two attached hydrogens (primary N) is 1. The minimum absolute atomic E-state index is 0.126. The molecule has 0 aromatic heterocycles. The lowest BCUT2D eigenvalue weighted by atomic mass is 9.82. The zero-order valence-electron chi connectivity index (χ0n) is 15.5. The molecule has 0 spiro atoms. The number of amides is 2. The zero-order chi connectivity index (χ0) is 22.1. The molecule has 8 nitrogen and oxygen atoms in total. The Morgan fingerprint density at radius 1 is 1.23 bits per heavy atom. The summed E-state index contributed by atoms with van der Waals surface area (Å²) in [6, 6.07) is 8.99. The molecule has 3 rings (SSSR count). The number of carboxylic acids is 1. The number of rotatable bonds is 5. The molecule has 1 aliphatic rings. The van der Waals surface area contributed by atoms with Crippen molar-refractivity contribution in [2.75, 3.05) is 12.4 Å². The number of ether oxygens (including phenoxy) is 1. The molecule has 0 saturated heterocycles. The van der Waals surface area contributed by atoms with Crippen molar-refractivity contribution in [3.8, 4) is 0 Å². The molecular weight excluding hydrogens is 433 g/mol. The second-order valence-corrected chi connectivity index (χ2v) is 7.10. The van der Waals surface area contributed by atoms with Gasteiger partial charge >= 0.3 is 12.1 Å². The van der Waals surface area contributed by atoms with Gasteiger partial charge in [-0.2, -0.15) is 0 Å². The van der Waals surface area contributed by atoms with Gasteiger partial charge in [0.05, 0.1) is 17.5 Å². The molecule has 2 aromatic carbocycles. The SMILES string of the molecule is COC(=O)Nc1cccc(C2(C(=O)O)N=c3cc(Cl)cc(Cl)c3=C2/C=C\C(N)=O)c1. The number of anilines is 1. The van der Waals surface area contributed by atoms with Crippen molar-refractivity contribution in [3.05, 3.63) is 74.7 Å². The summed E-state index contributed by atoms with van der Waals surface area (Å²) >= 11 is 12.4. The number of aliphatic carboxylic acids is 1. The smallest absolute Gasteiger partial charge is 0.411 e. The second-order valence-electron chi connectivity index (χ2n) is 6.26. The number of nitrogens with zero attached hydrogens (tertiary/aromatic N) is 1. The van der Waals surface area contributed by atoms with E-state index in [1.54, 1.807) is 12.1 Å². The Balaban J connectivity index is 2.35. The van der Waals surface area contributed by atoms with E-state index in [4.69, 9.17) is 28.9 Å². The molecule has 0 fully saturated rings. The summed E-state index contributed by atoms with van der Waals surface area (Å²) in [4.78, 5) is 39.9. The Hall–Kier alpha value is -3.36. The molecule has 1 heterocycles. The van der Waals surface area contributed by atoms with E-state index in [1.807, 2.05) is 0 Å². The molecule has 0 aliphatic carbocycles. The van der Waals surface area contributed by atoms with Gasteiger partial charge in [-0.25, -0.2) is 9.59 Å². The van der Waals surface area contributed by atoms with Gasteiger partial charge in [-0.15, -0.1) is 0 Å². The van der Waals surface area contributed by atoms with Crippen molar-refractivity contribution in [1.82, 2.24) is 0 Å². The number of benzene rings is 2. The predicted molar refractivity (Wildman–Crippen MR) is 111 cm³/mol. The second kappa shape index (κ2) is 8.17. The lowest BCUT2D eigenvalue weighted by Crippen LogP contribution is -2.35. The number of hydrogen-bond donors (Lipinski definition) is 3. The van der Waals surface area contributed by atoms with Crippen LogP contribution < -0.4 is 21.6 Å². The van der Waals surface area contributed by atoms with E-state index in [0.717, 1.165) is 6.08 Å². The molecule has 30 heavy (non-hydrogen) atoms. The highest BCUT2D eigenvalue weighted by molar-refractivity contribution is 6.34. The number of carbonyl (C=O) groups is 3. The first kappa shape index (κ1) is 21.4. The van der Waals surface area contributed by atoms with E-state index < -0.39 is 23.5 Å². The highest BCUT2D eigenvalue weighted by Crippen LogP contribution is 2.38. The molecule has 10 heteroatoms. The van der Waals surface area contributed by atoms with Crippen LogP contribution in [0.3, 0.4) is 0 Å². The third-order valence-electron chi connectivity index (χ3n) is 4.42. The van der Waals surface area contributed by atoms with E-state index in [0.29, 0.717) is 5.22 Å². The van der Waals surface area contributed by atoms with E-state index in [-0.39, 0.29) is 32.2 Å². The Labute approximate surface area is 180 Å². The number of carbonyl (C=O) groups excluding carboxylic acids is 2. The van der Waals surface area contributed by atoms with E-state index in [9.17, 15) is 19.5 Å². The number of methoxy groups -OCH3 is 1. The third-order valence-corrected chi connectivity index (χ3v) is 4.93. The third kappa shape index (κ3) is 3.74. The van der Waals surface area contributed by atoms with Gasteiger partial charge in [-0.05, 0) is 35.9 Å². The van der Waals surface area contributed by atoms with Crippen LogP contribution in [0.5, 0.6) is 0 Å². The highest BCUT2D eigenvalue weighted by Gasteiger charge is 2.46. The molecule has 154 valence electrons. The highest BCUT2D eigenvalue weighted by atomic mass is 35.5. The molecule has 0 radical (unpaired) electrons. The van der Waals surface area contributed by atoms with Crippen LogP contribution >= 0.6 is 23.2 Å². The van der Waals surface area contributed by atoms with Crippen molar-refractivity contribution in [3.63, 3.8) is 0 Å². The van der Waals surface area contributed by atoms with Crippen molar-refractivity contribution < 1.29 is 24.2 Å². The Bertz CT molecular complexity index is 1230. The summed E-state index contributed by atoms with van der Waals surface area (Å²) in [5, 5.41) is 13.7. The number of hydrogen-bond acceptors (Lipinski definition) is 5. The van der Waals surface area contributed by atoms with Crippen molar-refractivity contribution >= 4 is 52.4 Å². The summed E-state index contributed by atoms with van der Waals surface area (Å²) in [5.74, 6) is -2.10. The zero-order valence-corrected chi connectivity index (χ0v) is 17.0. The van der Waals surface area contributed by atoms with Crippen molar-refractivity contribution in [2.45, 2.75) is 5.54 Å². The molecule has 0 bridgehead atoms. The normalized spacial score (nSPS) is 17.4. The molecule has 2 amide bonds. The van der Waals surface area contributed by atoms with Crippen LogP contribution in [0, 0.1) is 0 Å². The summed E-state index contributed by atoms with van der Waals surface area (Å²) < 4.78 is 4.57. The molecule has 1 atom stereocenters. The van der Waals surface area contributed by atoms with E-state index in [1.165, 1.54) is 37.5 Å². The minimum Gasteiger partial charge on any atom is -0.479 e. The van der Waals surface area contributed by atoms with Gasteiger partial charge in [0.25, 0.3) is 0 Å². The number of carboxylic acid groups (broad SMARTS) is 1. The monoisotopic (exact) mass is 447 g/mol. The Morgan fingerprint density at radius 2 is 1.97 bits per heavy atom. The van der Waals surface area contributed by atoms with Crippen LogP contribution in [0.25, 0.3) is 5.57 Å². The largest absolute Gasteiger partial charge is 0.479 e. The van der Waals surface area contributed by atoms with Crippen molar-refractivity contribution in [1.29, 1.82) is 0 Å². The predicted octanol–water partition coefficient (Wildman–Crippen LogP) is 1.98. The molecule has 0 saturated carbocycles. The van der Waals surface area contributed by atoms with Gasteiger partial charge in [0.1, 0.15) is 0 Å². The van der Waals surface area contributed by atoms with Crippen LogP contribution in [-0.2, 0) is 19.9 Å². The first-order chi connectivity index (χ1) is 14.2. The van der Waals surface area contributed by atoms with Gasteiger partial charge in [0, 0.05) is 27.6 Å². The maximum atomic E-state index is 12.6. The van der Waals surface area contributed by atoms with E-state index in [2.05, 4.69) is 15.0 Å². The fraction of sp³-hybridized carbons (Fsp3) is 0.100. The van der Waals surface area contributed by atoms with Crippen LogP contribution in [0.2, 0.25) is 10.0 Å². The average Bonchev–Trinajstić information content (AvgIpc) is 3.02. The Kier molecular flexibility index (Phi) is 5.82. The summed E-state index contributed by atoms with van der Waals surface area (Å²) in [6.07, 6.45) is 1.57. The van der Waals surface area contributed by atoms with Crippen LogP contribution in [0.1, 0.15) is 5.56 Å². The summed E-state index contributed by atoms with van der Waals surface area (Å²) in [7, 11) is 1.20. The van der Waals surface area contributed by atoms with Crippen LogP contribution in [-0.4, -0.2) is 30.2 Å². The fourth-order valence-corrected chi connectivity index (χ4v) is 3.79. The lowest BCUT2D eigenvalue weighted by molar-refractivity contribution is -0.141. The summed E-state index contributed by atoms with van der Waals surface area (Å²) in [6.45, 7) is 0. The number of halogens is 2. The molecule has 4 N–H and O–H groups in total. The molecule has 1 unspecified atom stereocenters. The standard InChI is InChI=1S/C20H15Cl2N3O5/c1-30-19(29)24-12-4-2-3-10(7-12)20(18(27)28)13(5-6-16(23)26)17-14(22)8-11(21)9-15(17)25-20/h2-9H,1H3,(H2,23,26)(H,24,29)(H,27,28)/b6-5-. The lowest BCUT2D eigenvalue weighted by Gasteiger charge is -2.25. The summed E-state index contributed by atoms with van der Waals surface area (Å²) in [5.41, 5.74) is 3.87. The van der Waals surface area contributed by atoms with Gasteiger partial charge < -0.3 is 15.6 Å². The Morgan fingerprint density at radius 3 is 2.60 bits per heavy atom. The molecular formula is C20H15Cl2N3O5. The van der Waals surface area contributed by atoms with Gasteiger partial charge in [0.15, 0.2) is 0 Å². The maximum absolute atomic E-state index is 12.6. The van der Waals surface area contributed by atoms with Gasteiger partial charge in [0.2, 0.25) is 11.4 Å². The number of fused-ring (bicyclic) bond motifs is 1. The van der Waals surface area contributed by atoms with E-state index >= 15 is 0 Å². The maximum Gasteiger partial charge on any atom is 0.411 e. The van der Waals surface area contributed by atoms with Gasteiger partial charge in [-0.1, -0.05) is 35.3 Å². The number of primary amides is 1. The first-order valence-corrected chi connectivity index (χ1v) is 9.20. The van der Waals surface area contributed by atoms with Crippen LogP contribution in [0.4, 0.5) is 10.5 Å². The quantitative estimate of drug-likeness (QED) is 0.602. The molecule has 2 aromatic rings. The molecule has 1 aliphatic heterocycles. The average molecular weight is 448 g/mol. The van der Waals surface area contributed by atoms with Crippen LogP contribution in [0.15, 0.2) is 53.5 Å². The first-order valence-electron chi connectivity index (χ1n) is 8.45. The van der Waals surface area contributed by atoms with Crippen molar-refractivity contribution in [2.24, 2.45) is 10.7 Å². The topological polar surface area (TPSA) is 131 Å². The minimum atomic E-state index is -1.96. The van der Waals surface area contributed by atoms with Gasteiger partial charge in [-0.3, -0.25) is 15.1 Å². The number of nitrogens with one attached hydrogen (secondary N) is 1. The fourth-order valence-electron chi connectivity index (χ4n) is 3.20.